The summed E-state index contributed by atoms with van der Waals surface area (Å²) in [6.07, 6.45) is 4.11. The fourth-order valence-electron chi connectivity index (χ4n) is 3.52. The van der Waals surface area contributed by atoms with E-state index in [1.807, 2.05) is 12.1 Å². The van der Waals surface area contributed by atoms with Crippen molar-refractivity contribution in [3.63, 3.8) is 0 Å². The molecule has 18 heavy (non-hydrogen) atoms. The molecule has 2 aliphatic rings. The Hall–Kier alpha value is -0.570. The van der Waals surface area contributed by atoms with Crippen LogP contribution in [0.1, 0.15) is 24.8 Å². The Morgan fingerprint density at radius 3 is 2.83 bits per heavy atom. The smallest absolute Gasteiger partial charge is 0.0451 e. The van der Waals surface area contributed by atoms with Gasteiger partial charge in [-0.05, 0) is 43.9 Å². The summed E-state index contributed by atoms with van der Waals surface area (Å²) in [5.74, 6) is 0.830. The molecule has 0 saturated carbocycles. The lowest BCUT2D eigenvalue weighted by atomic mass is 9.89. The molecular weight excluding hydrogens is 244 g/mol. The lowest BCUT2D eigenvalue weighted by Crippen LogP contribution is -2.32. The number of rotatable bonds is 4. The molecule has 2 bridgehead atoms. The molecule has 0 radical (unpaired) electrons. The van der Waals surface area contributed by atoms with E-state index in [1.165, 1.54) is 31.4 Å². The van der Waals surface area contributed by atoms with Gasteiger partial charge in [0, 0.05) is 30.2 Å². The molecule has 0 amide bonds. The van der Waals surface area contributed by atoms with Crippen LogP contribution in [-0.2, 0) is 6.54 Å². The maximum Gasteiger partial charge on any atom is 0.0451 e. The molecule has 0 aromatic heterocycles. The number of hydrogen-bond donors (Lipinski definition) is 1. The van der Waals surface area contributed by atoms with Gasteiger partial charge in [0.25, 0.3) is 0 Å². The van der Waals surface area contributed by atoms with Gasteiger partial charge in [0.05, 0.1) is 0 Å². The SMILES string of the molecule is CN(Cc1ccccc1Cl)CC1CC2CCC1N2. The Bertz CT molecular complexity index is 421. The van der Waals surface area contributed by atoms with E-state index in [9.17, 15) is 0 Å². The van der Waals surface area contributed by atoms with Crippen LogP contribution in [0.25, 0.3) is 0 Å². The highest BCUT2D eigenvalue weighted by Crippen LogP contribution is 2.33. The molecule has 3 unspecified atom stereocenters. The van der Waals surface area contributed by atoms with Gasteiger partial charge in [0.2, 0.25) is 0 Å². The van der Waals surface area contributed by atoms with Gasteiger partial charge < -0.3 is 10.2 Å². The van der Waals surface area contributed by atoms with Crippen molar-refractivity contribution in [3.05, 3.63) is 34.9 Å². The number of halogens is 1. The van der Waals surface area contributed by atoms with Crippen LogP contribution in [0.3, 0.4) is 0 Å². The average Bonchev–Trinajstić information content (AvgIpc) is 2.94. The van der Waals surface area contributed by atoms with Gasteiger partial charge in [-0.1, -0.05) is 29.8 Å². The van der Waals surface area contributed by atoms with E-state index in [0.29, 0.717) is 0 Å². The van der Waals surface area contributed by atoms with Crippen LogP contribution in [0.5, 0.6) is 0 Å². The second-order valence-electron chi connectivity index (χ2n) is 5.83. The van der Waals surface area contributed by atoms with Crippen LogP contribution in [0.4, 0.5) is 0 Å². The first-order valence-electron chi connectivity index (χ1n) is 6.90. The summed E-state index contributed by atoms with van der Waals surface area (Å²) in [5.41, 5.74) is 1.23. The first-order valence-corrected chi connectivity index (χ1v) is 7.28. The van der Waals surface area contributed by atoms with E-state index >= 15 is 0 Å². The molecule has 2 nitrogen and oxygen atoms in total. The first kappa shape index (κ1) is 12.5. The van der Waals surface area contributed by atoms with E-state index in [0.717, 1.165) is 29.6 Å². The summed E-state index contributed by atoms with van der Waals surface area (Å²) < 4.78 is 0. The molecule has 3 rings (SSSR count). The lowest BCUT2D eigenvalue weighted by molar-refractivity contribution is 0.242. The van der Waals surface area contributed by atoms with Crippen molar-refractivity contribution in [2.45, 2.75) is 37.9 Å². The predicted molar refractivity (Wildman–Crippen MR) is 75.8 cm³/mol. The van der Waals surface area contributed by atoms with Crippen molar-refractivity contribution < 1.29 is 0 Å². The van der Waals surface area contributed by atoms with Crippen LogP contribution in [-0.4, -0.2) is 30.6 Å². The molecule has 3 heteroatoms. The maximum atomic E-state index is 6.21. The Kier molecular flexibility index (Phi) is 3.60. The van der Waals surface area contributed by atoms with Crippen LogP contribution in [0, 0.1) is 5.92 Å². The van der Waals surface area contributed by atoms with Crippen molar-refractivity contribution in [3.8, 4) is 0 Å². The highest BCUT2D eigenvalue weighted by atomic mass is 35.5. The van der Waals surface area contributed by atoms with Crippen molar-refractivity contribution in [2.24, 2.45) is 5.92 Å². The minimum atomic E-state index is 0.767. The van der Waals surface area contributed by atoms with Crippen LogP contribution < -0.4 is 5.32 Å². The van der Waals surface area contributed by atoms with Crippen molar-refractivity contribution in [1.29, 1.82) is 0 Å². The summed E-state index contributed by atoms with van der Waals surface area (Å²) in [6.45, 7) is 2.13. The Morgan fingerprint density at radius 1 is 1.33 bits per heavy atom. The molecule has 0 aliphatic carbocycles. The number of nitrogens with zero attached hydrogens (tertiary/aromatic N) is 1. The minimum Gasteiger partial charge on any atom is -0.311 e. The molecule has 1 aromatic rings. The third-order valence-electron chi connectivity index (χ3n) is 4.38. The van der Waals surface area contributed by atoms with Gasteiger partial charge in [-0.3, -0.25) is 0 Å². The number of fused-ring (bicyclic) bond motifs is 2. The Labute approximate surface area is 114 Å². The monoisotopic (exact) mass is 264 g/mol. The third-order valence-corrected chi connectivity index (χ3v) is 4.75. The van der Waals surface area contributed by atoms with Crippen molar-refractivity contribution in [1.82, 2.24) is 10.2 Å². The Balaban J connectivity index is 1.56. The van der Waals surface area contributed by atoms with Crippen molar-refractivity contribution >= 4 is 11.6 Å². The van der Waals surface area contributed by atoms with E-state index in [1.54, 1.807) is 0 Å². The Morgan fingerprint density at radius 2 is 2.17 bits per heavy atom. The predicted octanol–water partition coefficient (Wildman–Crippen LogP) is 2.91. The molecular formula is C15H21ClN2. The number of nitrogens with one attached hydrogen (secondary N) is 1. The maximum absolute atomic E-state index is 6.21. The lowest BCUT2D eigenvalue weighted by Gasteiger charge is -2.26. The largest absolute Gasteiger partial charge is 0.311 e. The molecule has 0 spiro atoms. The molecule has 2 aliphatic heterocycles. The zero-order valence-electron chi connectivity index (χ0n) is 10.9. The van der Waals surface area contributed by atoms with Gasteiger partial charge in [0.15, 0.2) is 0 Å². The first-order chi connectivity index (χ1) is 8.72. The molecule has 1 aromatic carbocycles. The molecule has 1 N–H and O–H groups in total. The van der Waals surface area contributed by atoms with Gasteiger partial charge in [0.1, 0.15) is 0 Å². The topological polar surface area (TPSA) is 15.3 Å². The minimum absolute atomic E-state index is 0.767. The van der Waals surface area contributed by atoms with Crippen LogP contribution >= 0.6 is 11.6 Å². The number of benzene rings is 1. The normalized spacial score (nSPS) is 30.3. The molecule has 2 saturated heterocycles. The quantitative estimate of drug-likeness (QED) is 0.900. The van der Waals surface area contributed by atoms with E-state index in [-0.39, 0.29) is 0 Å². The average molecular weight is 265 g/mol. The fraction of sp³-hybridized carbons (Fsp3) is 0.600. The number of hydrogen-bond acceptors (Lipinski definition) is 2. The molecule has 2 fully saturated rings. The molecule has 2 heterocycles. The highest BCUT2D eigenvalue weighted by molar-refractivity contribution is 6.31. The third kappa shape index (κ3) is 2.56. The van der Waals surface area contributed by atoms with Gasteiger partial charge in [-0.25, -0.2) is 0 Å². The summed E-state index contributed by atoms with van der Waals surface area (Å²) in [7, 11) is 2.20. The second kappa shape index (κ2) is 5.20. The molecule has 98 valence electrons. The highest BCUT2D eigenvalue weighted by Gasteiger charge is 2.39. The second-order valence-corrected chi connectivity index (χ2v) is 6.24. The standard InChI is InChI=1S/C15H21ClN2/c1-18(9-11-4-2-3-5-14(11)16)10-12-8-13-6-7-15(12)17-13/h2-5,12-13,15,17H,6-10H2,1H3. The summed E-state index contributed by atoms with van der Waals surface area (Å²) in [4.78, 5) is 2.41. The van der Waals surface area contributed by atoms with Gasteiger partial charge in [-0.15, -0.1) is 0 Å². The summed E-state index contributed by atoms with van der Waals surface area (Å²) in [5, 5.41) is 4.59. The van der Waals surface area contributed by atoms with Crippen LogP contribution in [0.15, 0.2) is 24.3 Å². The molecule has 3 atom stereocenters. The van der Waals surface area contributed by atoms with E-state index in [4.69, 9.17) is 11.6 Å². The summed E-state index contributed by atoms with van der Waals surface area (Å²) in [6, 6.07) is 9.72. The van der Waals surface area contributed by atoms with Crippen LogP contribution in [0.2, 0.25) is 5.02 Å². The summed E-state index contributed by atoms with van der Waals surface area (Å²) >= 11 is 6.21. The fourth-order valence-corrected chi connectivity index (χ4v) is 3.72. The van der Waals surface area contributed by atoms with E-state index in [2.05, 4.69) is 29.4 Å². The van der Waals surface area contributed by atoms with Gasteiger partial charge >= 0.3 is 0 Å². The zero-order valence-corrected chi connectivity index (χ0v) is 11.7. The van der Waals surface area contributed by atoms with E-state index < -0.39 is 0 Å². The van der Waals surface area contributed by atoms with Gasteiger partial charge in [-0.2, -0.15) is 0 Å². The zero-order chi connectivity index (χ0) is 12.5. The van der Waals surface area contributed by atoms with Crippen molar-refractivity contribution in [2.75, 3.05) is 13.6 Å².